The number of ether oxygens (including phenoxy) is 1. The third-order valence-corrected chi connectivity index (χ3v) is 5.56. The van der Waals surface area contributed by atoms with E-state index >= 15 is 0 Å². The number of nitrogens with zero attached hydrogens (tertiary/aromatic N) is 1. The van der Waals surface area contributed by atoms with Gasteiger partial charge in [0.1, 0.15) is 11.5 Å². The number of carbonyl (C=O) groups is 1. The molecule has 26 heavy (non-hydrogen) atoms. The molecule has 2 aromatic rings. The molecular weight excluding hydrogens is 339 g/mol. The molecule has 4 rings (SSSR count). The highest BCUT2D eigenvalue weighted by atomic mass is 19.1. The Labute approximate surface area is 149 Å². The van der Waals surface area contributed by atoms with Gasteiger partial charge in [0.05, 0.1) is 17.2 Å². The van der Waals surface area contributed by atoms with Crippen LogP contribution >= 0.6 is 0 Å². The van der Waals surface area contributed by atoms with Crippen molar-refractivity contribution in [1.82, 2.24) is 9.88 Å². The van der Waals surface area contributed by atoms with Gasteiger partial charge in [0.25, 0.3) is 5.91 Å². The van der Waals surface area contributed by atoms with Gasteiger partial charge in [-0.1, -0.05) is 6.07 Å². The van der Waals surface area contributed by atoms with Gasteiger partial charge in [0.15, 0.2) is 5.43 Å². The van der Waals surface area contributed by atoms with E-state index in [9.17, 15) is 19.1 Å². The molecule has 1 amide bonds. The van der Waals surface area contributed by atoms with E-state index in [0.29, 0.717) is 39.0 Å². The smallest absolute Gasteiger partial charge is 0.270 e. The minimum absolute atomic E-state index is 0.0443. The van der Waals surface area contributed by atoms with Crippen molar-refractivity contribution in [3.05, 3.63) is 46.0 Å². The number of likely N-dealkylation sites (tertiary alicyclic amines) is 1. The average molecular weight is 360 g/mol. The van der Waals surface area contributed by atoms with Gasteiger partial charge in [-0.2, -0.15) is 0 Å². The van der Waals surface area contributed by atoms with Crippen molar-refractivity contribution in [2.75, 3.05) is 19.7 Å². The molecule has 2 fully saturated rings. The minimum atomic E-state index is -0.571. The quantitative estimate of drug-likeness (QED) is 0.813. The number of nitrogens with one attached hydrogen (secondary N) is 1. The lowest BCUT2D eigenvalue weighted by Crippen LogP contribution is -2.56. The number of para-hydroxylation sites is 1. The maximum atomic E-state index is 14.0. The molecule has 6 nitrogen and oxygen atoms in total. The van der Waals surface area contributed by atoms with Gasteiger partial charge in [-0.15, -0.1) is 0 Å². The predicted octanol–water partition coefficient (Wildman–Crippen LogP) is 1.81. The van der Waals surface area contributed by atoms with Gasteiger partial charge in [-0.3, -0.25) is 9.59 Å². The number of halogens is 1. The molecule has 0 bridgehead atoms. The molecule has 1 spiro atoms. The molecule has 138 valence electrons. The number of rotatable bonds is 1. The highest BCUT2D eigenvalue weighted by Crippen LogP contribution is 2.35. The Morgan fingerprint density at radius 3 is 2.85 bits per heavy atom. The molecule has 0 unspecified atom stereocenters. The molecule has 1 aromatic heterocycles. The van der Waals surface area contributed by atoms with Crippen LogP contribution in [0.25, 0.3) is 10.9 Å². The zero-order valence-electron chi connectivity index (χ0n) is 14.3. The number of carbonyl (C=O) groups excluding carboxylic acids is 1. The number of pyridine rings is 1. The molecule has 2 N–H and O–H groups in total. The van der Waals surface area contributed by atoms with Crippen LogP contribution in [0, 0.1) is 5.82 Å². The predicted molar refractivity (Wildman–Crippen MR) is 93.6 cm³/mol. The number of aromatic nitrogens is 1. The highest BCUT2D eigenvalue weighted by Gasteiger charge is 2.44. The maximum Gasteiger partial charge on any atom is 0.270 e. The van der Waals surface area contributed by atoms with Crippen LogP contribution in [0.1, 0.15) is 36.2 Å². The lowest BCUT2D eigenvalue weighted by Gasteiger charge is -2.46. The van der Waals surface area contributed by atoms with Crippen LogP contribution in [0.2, 0.25) is 0 Å². The first-order valence-corrected chi connectivity index (χ1v) is 8.93. The summed E-state index contributed by atoms with van der Waals surface area (Å²) in [4.78, 5) is 29.4. The highest BCUT2D eigenvalue weighted by molar-refractivity contribution is 5.95. The maximum absolute atomic E-state index is 14.0. The second kappa shape index (κ2) is 6.48. The number of aliphatic hydroxyl groups excluding tert-OH is 1. The molecule has 0 aliphatic carbocycles. The summed E-state index contributed by atoms with van der Waals surface area (Å²) in [7, 11) is 0. The van der Waals surface area contributed by atoms with Crippen molar-refractivity contribution < 1.29 is 19.0 Å². The van der Waals surface area contributed by atoms with Crippen LogP contribution < -0.4 is 5.43 Å². The van der Waals surface area contributed by atoms with Crippen LogP contribution in [0.5, 0.6) is 0 Å². The summed E-state index contributed by atoms with van der Waals surface area (Å²) in [5.74, 6) is -0.905. The number of H-pyrrole nitrogens is 1. The molecular formula is C19H21FN2O4. The molecule has 0 saturated carbocycles. The summed E-state index contributed by atoms with van der Waals surface area (Å²) in [6.07, 6.45) is 2.14. The van der Waals surface area contributed by atoms with Gasteiger partial charge in [-0.05, 0) is 37.8 Å². The van der Waals surface area contributed by atoms with E-state index in [4.69, 9.17) is 4.74 Å². The number of hydrogen-bond acceptors (Lipinski definition) is 4. The van der Waals surface area contributed by atoms with Crippen molar-refractivity contribution in [2.24, 2.45) is 0 Å². The topological polar surface area (TPSA) is 82.6 Å². The minimum Gasteiger partial charge on any atom is -0.390 e. The molecule has 7 heteroatoms. The number of hydrogen-bond donors (Lipinski definition) is 2. The van der Waals surface area contributed by atoms with Crippen molar-refractivity contribution in [3.63, 3.8) is 0 Å². The monoisotopic (exact) mass is 360 g/mol. The van der Waals surface area contributed by atoms with E-state index in [1.807, 2.05) is 0 Å². The van der Waals surface area contributed by atoms with Gasteiger partial charge >= 0.3 is 0 Å². The van der Waals surface area contributed by atoms with Crippen LogP contribution in [0.3, 0.4) is 0 Å². The lowest BCUT2D eigenvalue weighted by atomic mass is 9.82. The fourth-order valence-electron chi connectivity index (χ4n) is 4.00. The van der Waals surface area contributed by atoms with Gasteiger partial charge in [-0.25, -0.2) is 4.39 Å². The average Bonchev–Trinajstić information content (AvgIpc) is 2.65. The summed E-state index contributed by atoms with van der Waals surface area (Å²) in [5.41, 5.74) is -0.838. The van der Waals surface area contributed by atoms with Crippen molar-refractivity contribution in [3.8, 4) is 0 Å². The SMILES string of the molecule is O=C(c1cc(=O)c2cccc(F)c2[nH]1)N1CCC2(CC1)OCCC[C@@H]2O. The number of aliphatic hydroxyl groups is 1. The van der Waals surface area contributed by atoms with Crippen LogP contribution in [-0.2, 0) is 4.74 Å². The fourth-order valence-corrected chi connectivity index (χ4v) is 4.00. The number of benzene rings is 1. The van der Waals surface area contributed by atoms with E-state index < -0.39 is 17.5 Å². The first kappa shape index (κ1) is 17.2. The summed E-state index contributed by atoms with van der Waals surface area (Å²) < 4.78 is 19.8. The largest absolute Gasteiger partial charge is 0.390 e. The van der Waals surface area contributed by atoms with Gasteiger partial charge < -0.3 is 19.7 Å². The number of aromatic amines is 1. The number of piperidine rings is 1. The lowest BCUT2D eigenvalue weighted by molar-refractivity contribution is -0.174. The Balaban J connectivity index is 1.57. The molecule has 1 atom stereocenters. The number of amides is 1. The molecule has 2 saturated heterocycles. The van der Waals surface area contributed by atoms with E-state index in [-0.39, 0.29) is 27.9 Å². The van der Waals surface area contributed by atoms with Crippen molar-refractivity contribution in [1.29, 1.82) is 0 Å². The summed E-state index contributed by atoms with van der Waals surface area (Å²) in [5, 5.41) is 10.5. The molecule has 3 heterocycles. The summed E-state index contributed by atoms with van der Waals surface area (Å²) in [6.45, 7) is 1.47. The zero-order chi connectivity index (χ0) is 18.3. The summed E-state index contributed by atoms with van der Waals surface area (Å²) in [6, 6.07) is 5.46. The fraction of sp³-hybridized carbons (Fsp3) is 0.474. The molecule has 2 aliphatic rings. The zero-order valence-corrected chi connectivity index (χ0v) is 14.3. The second-order valence-electron chi connectivity index (χ2n) is 7.07. The second-order valence-corrected chi connectivity index (χ2v) is 7.07. The van der Waals surface area contributed by atoms with Crippen LogP contribution in [0.15, 0.2) is 29.1 Å². The van der Waals surface area contributed by atoms with E-state index in [1.54, 1.807) is 4.90 Å². The Morgan fingerprint density at radius 1 is 1.35 bits per heavy atom. The first-order valence-electron chi connectivity index (χ1n) is 8.93. The van der Waals surface area contributed by atoms with E-state index in [0.717, 1.165) is 6.42 Å². The molecule has 0 radical (unpaired) electrons. The molecule has 1 aromatic carbocycles. The van der Waals surface area contributed by atoms with Crippen LogP contribution in [-0.4, -0.2) is 52.3 Å². The van der Waals surface area contributed by atoms with E-state index in [1.165, 1.54) is 24.3 Å². The number of fused-ring (bicyclic) bond motifs is 1. The van der Waals surface area contributed by atoms with Crippen molar-refractivity contribution >= 4 is 16.8 Å². The Bertz CT molecular complexity index is 902. The van der Waals surface area contributed by atoms with Gasteiger partial charge in [0, 0.05) is 31.1 Å². The standard InChI is InChI=1S/C19H21FN2O4/c20-13-4-1-3-12-15(23)11-14(21-17(12)13)18(25)22-8-6-19(7-9-22)16(24)5-2-10-26-19/h1,3-4,11,16,24H,2,5-10H2,(H,21,23)/t16-/m0/s1. The normalized spacial score (nSPS) is 22.7. The van der Waals surface area contributed by atoms with Gasteiger partial charge in [0.2, 0.25) is 0 Å². The third-order valence-electron chi connectivity index (χ3n) is 5.56. The molecule has 2 aliphatic heterocycles. The van der Waals surface area contributed by atoms with Crippen molar-refractivity contribution in [2.45, 2.75) is 37.4 Å². The first-order chi connectivity index (χ1) is 12.5. The summed E-state index contributed by atoms with van der Waals surface area (Å²) >= 11 is 0. The Hall–Kier alpha value is -2.25. The Kier molecular flexibility index (Phi) is 4.28. The van der Waals surface area contributed by atoms with E-state index in [2.05, 4.69) is 4.98 Å². The van der Waals surface area contributed by atoms with Crippen LogP contribution in [0.4, 0.5) is 4.39 Å². The third kappa shape index (κ3) is 2.81. The Morgan fingerprint density at radius 2 is 2.12 bits per heavy atom.